The van der Waals surface area contributed by atoms with Gasteiger partial charge in [0.15, 0.2) is 0 Å². The molecule has 1 heteroatoms. The van der Waals surface area contributed by atoms with Gasteiger partial charge in [0.1, 0.15) is 5.75 Å². The van der Waals surface area contributed by atoms with Crippen LogP contribution in [-0.4, -0.2) is 6.10 Å². The number of para-hydroxylation sites is 1. The van der Waals surface area contributed by atoms with Gasteiger partial charge in [0.05, 0.1) is 6.10 Å². The van der Waals surface area contributed by atoms with Gasteiger partial charge in [-0.05, 0) is 37.0 Å². The number of rotatable bonds is 5. The molecule has 0 saturated carbocycles. The highest BCUT2D eigenvalue weighted by atomic mass is 16.5. The Labute approximate surface area is 109 Å². The lowest BCUT2D eigenvalue weighted by molar-refractivity contribution is 0.202. The molecule has 2 aromatic rings. The van der Waals surface area contributed by atoms with Gasteiger partial charge in [0.25, 0.3) is 0 Å². The molecule has 1 nitrogen and oxygen atoms in total. The minimum Gasteiger partial charge on any atom is -0.491 e. The van der Waals surface area contributed by atoms with Crippen molar-refractivity contribution >= 4 is 0 Å². The monoisotopic (exact) mass is 240 g/mol. The maximum Gasteiger partial charge on any atom is 0.119 e. The van der Waals surface area contributed by atoms with E-state index in [2.05, 4.69) is 44.2 Å². The van der Waals surface area contributed by atoms with Gasteiger partial charge in [0.2, 0.25) is 0 Å². The van der Waals surface area contributed by atoms with Crippen LogP contribution in [0.15, 0.2) is 60.7 Å². The summed E-state index contributed by atoms with van der Waals surface area (Å²) in [5, 5.41) is 0. The van der Waals surface area contributed by atoms with E-state index in [0.717, 1.165) is 12.2 Å². The van der Waals surface area contributed by atoms with Crippen LogP contribution in [0, 0.1) is 0 Å². The molecular weight excluding hydrogens is 220 g/mol. The van der Waals surface area contributed by atoms with E-state index in [1.165, 1.54) is 5.56 Å². The van der Waals surface area contributed by atoms with E-state index in [1.807, 2.05) is 30.3 Å². The Morgan fingerprint density at radius 2 is 1.39 bits per heavy atom. The van der Waals surface area contributed by atoms with Crippen LogP contribution in [0.1, 0.15) is 31.7 Å². The van der Waals surface area contributed by atoms with Crippen LogP contribution in [0.4, 0.5) is 0 Å². The fourth-order valence-corrected chi connectivity index (χ4v) is 2.20. The van der Waals surface area contributed by atoms with Crippen LogP contribution in [0.5, 0.6) is 5.75 Å². The molecule has 0 aliphatic carbocycles. The van der Waals surface area contributed by atoms with Crippen LogP contribution >= 0.6 is 0 Å². The number of hydrogen-bond donors (Lipinski definition) is 0. The Kier molecular flexibility index (Phi) is 4.40. The van der Waals surface area contributed by atoms with Crippen molar-refractivity contribution in [2.24, 2.45) is 0 Å². The SMILES string of the molecule is CC(CC(C)c1ccccc1)Oc1ccccc1. The van der Waals surface area contributed by atoms with E-state index in [4.69, 9.17) is 4.74 Å². The molecule has 94 valence electrons. The highest BCUT2D eigenvalue weighted by molar-refractivity contribution is 5.22. The van der Waals surface area contributed by atoms with Gasteiger partial charge in [-0.25, -0.2) is 0 Å². The van der Waals surface area contributed by atoms with Gasteiger partial charge in [-0.1, -0.05) is 55.5 Å². The molecule has 0 saturated heterocycles. The van der Waals surface area contributed by atoms with Crippen LogP contribution in [0.3, 0.4) is 0 Å². The summed E-state index contributed by atoms with van der Waals surface area (Å²) in [6, 6.07) is 20.6. The summed E-state index contributed by atoms with van der Waals surface area (Å²) < 4.78 is 5.91. The lowest BCUT2D eigenvalue weighted by atomic mass is 9.95. The van der Waals surface area contributed by atoms with E-state index >= 15 is 0 Å². The quantitative estimate of drug-likeness (QED) is 0.739. The van der Waals surface area contributed by atoms with Crippen molar-refractivity contribution in [1.29, 1.82) is 0 Å². The Bertz CT molecular complexity index is 450. The smallest absolute Gasteiger partial charge is 0.119 e. The molecule has 0 spiro atoms. The maximum atomic E-state index is 5.91. The summed E-state index contributed by atoms with van der Waals surface area (Å²) >= 11 is 0. The predicted molar refractivity (Wildman–Crippen MR) is 76.0 cm³/mol. The van der Waals surface area contributed by atoms with E-state index in [-0.39, 0.29) is 6.10 Å². The minimum atomic E-state index is 0.225. The highest BCUT2D eigenvalue weighted by Crippen LogP contribution is 2.22. The summed E-state index contributed by atoms with van der Waals surface area (Å²) in [5.74, 6) is 1.47. The Balaban J connectivity index is 1.90. The highest BCUT2D eigenvalue weighted by Gasteiger charge is 2.11. The minimum absolute atomic E-state index is 0.225. The van der Waals surface area contributed by atoms with E-state index in [9.17, 15) is 0 Å². The molecular formula is C17H20O. The molecule has 2 rings (SSSR count). The zero-order valence-corrected chi connectivity index (χ0v) is 11.0. The van der Waals surface area contributed by atoms with Crippen molar-refractivity contribution in [3.05, 3.63) is 66.2 Å². The van der Waals surface area contributed by atoms with Crippen molar-refractivity contribution < 1.29 is 4.74 Å². The zero-order valence-electron chi connectivity index (χ0n) is 11.0. The molecule has 0 heterocycles. The van der Waals surface area contributed by atoms with Gasteiger partial charge in [0, 0.05) is 0 Å². The fourth-order valence-electron chi connectivity index (χ4n) is 2.20. The number of ether oxygens (including phenoxy) is 1. The molecule has 0 N–H and O–H groups in total. The third kappa shape index (κ3) is 3.63. The van der Waals surface area contributed by atoms with Gasteiger partial charge < -0.3 is 4.74 Å². The summed E-state index contributed by atoms with van der Waals surface area (Å²) in [5.41, 5.74) is 1.38. The van der Waals surface area contributed by atoms with Gasteiger partial charge in [-0.2, -0.15) is 0 Å². The Morgan fingerprint density at radius 1 is 0.833 bits per heavy atom. The summed E-state index contributed by atoms with van der Waals surface area (Å²) in [6.45, 7) is 4.38. The van der Waals surface area contributed by atoms with Gasteiger partial charge in [-0.3, -0.25) is 0 Å². The second-order valence-corrected chi connectivity index (χ2v) is 4.79. The first-order valence-electron chi connectivity index (χ1n) is 6.52. The molecule has 0 aliphatic rings. The van der Waals surface area contributed by atoms with Gasteiger partial charge in [-0.15, -0.1) is 0 Å². The van der Waals surface area contributed by atoms with Crippen LogP contribution < -0.4 is 4.74 Å². The molecule has 0 fully saturated rings. The van der Waals surface area contributed by atoms with E-state index in [1.54, 1.807) is 0 Å². The van der Waals surface area contributed by atoms with Crippen LogP contribution in [-0.2, 0) is 0 Å². The summed E-state index contributed by atoms with van der Waals surface area (Å²) in [4.78, 5) is 0. The topological polar surface area (TPSA) is 9.23 Å². The van der Waals surface area contributed by atoms with Crippen LogP contribution in [0.25, 0.3) is 0 Å². The molecule has 0 radical (unpaired) electrons. The second kappa shape index (κ2) is 6.25. The van der Waals surface area contributed by atoms with E-state index < -0.39 is 0 Å². The van der Waals surface area contributed by atoms with Gasteiger partial charge >= 0.3 is 0 Å². The number of benzene rings is 2. The number of hydrogen-bond acceptors (Lipinski definition) is 1. The molecule has 0 amide bonds. The molecule has 2 unspecified atom stereocenters. The first-order chi connectivity index (χ1) is 8.75. The van der Waals surface area contributed by atoms with Crippen LogP contribution in [0.2, 0.25) is 0 Å². The summed E-state index contributed by atoms with van der Waals surface area (Å²) in [7, 11) is 0. The second-order valence-electron chi connectivity index (χ2n) is 4.79. The first kappa shape index (κ1) is 12.7. The standard InChI is InChI=1S/C17H20O/c1-14(16-9-5-3-6-10-16)13-15(2)18-17-11-7-4-8-12-17/h3-12,14-15H,13H2,1-2H3. The summed E-state index contributed by atoms with van der Waals surface area (Å²) in [6.07, 6.45) is 1.25. The molecule has 0 bridgehead atoms. The predicted octanol–water partition coefficient (Wildman–Crippen LogP) is 4.65. The zero-order chi connectivity index (χ0) is 12.8. The molecule has 18 heavy (non-hydrogen) atoms. The van der Waals surface area contributed by atoms with E-state index in [0.29, 0.717) is 5.92 Å². The maximum absolute atomic E-state index is 5.91. The van der Waals surface area contributed by atoms with Crippen molar-refractivity contribution in [1.82, 2.24) is 0 Å². The molecule has 2 atom stereocenters. The third-order valence-corrected chi connectivity index (χ3v) is 3.13. The average molecular weight is 240 g/mol. The van der Waals surface area contributed by atoms with Crippen molar-refractivity contribution in [2.45, 2.75) is 32.3 Å². The largest absolute Gasteiger partial charge is 0.491 e. The molecule has 2 aromatic carbocycles. The first-order valence-corrected chi connectivity index (χ1v) is 6.52. The lowest BCUT2D eigenvalue weighted by Gasteiger charge is -2.19. The van der Waals surface area contributed by atoms with Crippen molar-refractivity contribution in [3.63, 3.8) is 0 Å². The third-order valence-electron chi connectivity index (χ3n) is 3.13. The lowest BCUT2D eigenvalue weighted by Crippen LogP contribution is -2.14. The molecule has 0 aromatic heterocycles. The molecule has 0 aliphatic heterocycles. The average Bonchev–Trinajstić information content (AvgIpc) is 2.40. The van der Waals surface area contributed by atoms with Crippen molar-refractivity contribution in [3.8, 4) is 5.75 Å². The fraction of sp³-hybridized carbons (Fsp3) is 0.294. The Morgan fingerprint density at radius 3 is 2.00 bits per heavy atom. The Hall–Kier alpha value is -1.76. The normalized spacial score (nSPS) is 13.9. The van der Waals surface area contributed by atoms with Crippen molar-refractivity contribution in [2.75, 3.05) is 0 Å².